The minimum atomic E-state index is -0.417. The minimum absolute atomic E-state index is 0.417. The number of carbonyl (C=O) groups excluding carboxylic acids is 1. The van der Waals surface area contributed by atoms with Crippen LogP contribution in [0.4, 0.5) is 5.69 Å². The zero-order valence-electron chi connectivity index (χ0n) is 13.7. The number of thiazole rings is 1. The molecule has 0 saturated heterocycles. The van der Waals surface area contributed by atoms with Crippen molar-refractivity contribution in [1.82, 2.24) is 4.98 Å². The highest BCUT2D eigenvalue weighted by Gasteiger charge is 2.13. The second-order valence-corrected chi connectivity index (χ2v) is 8.71. The van der Waals surface area contributed by atoms with E-state index >= 15 is 0 Å². The van der Waals surface area contributed by atoms with E-state index in [1.807, 2.05) is 18.2 Å². The van der Waals surface area contributed by atoms with Crippen LogP contribution >= 0.6 is 34.9 Å². The summed E-state index contributed by atoms with van der Waals surface area (Å²) < 4.78 is 1.09. The molecule has 0 saturated carbocycles. The molecule has 0 radical (unpaired) electrons. The van der Waals surface area contributed by atoms with E-state index in [1.54, 1.807) is 47.0 Å². The van der Waals surface area contributed by atoms with E-state index in [4.69, 9.17) is 15.7 Å². The monoisotopic (exact) mass is 397 g/mol. The molecule has 4 nitrogen and oxygen atoms in total. The van der Waals surface area contributed by atoms with Crippen LogP contribution in [0.25, 0.3) is 10.6 Å². The molecule has 0 unspecified atom stereocenters. The second-order valence-electron chi connectivity index (χ2n) is 5.67. The number of rotatable bonds is 4. The maximum atomic E-state index is 11.2. The van der Waals surface area contributed by atoms with Crippen LogP contribution in [0.15, 0.2) is 58.9 Å². The predicted octanol–water partition coefficient (Wildman–Crippen LogP) is 5.08. The van der Waals surface area contributed by atoms with Crippen LogP contribution in [0.1, 0.15) is 21.6 Å². The Morgan fingerprint density at radius 3 is 2.77 bits per heavy atom. The van der Waals surface area contributed by atoms with Crippen molar-refractivity contribution in [2.24, 2.45) is 10.7 Å². The summed E-state index contributed by atoms with van der Waals surface area (Å²) in [4.78, 5) is 20.6. The lowest BCUT2D eigenvalue weighted by atomic mass is 10.1. The van der Waals surface area contributed by atoms with Crippen molar-refractivity contribution in [2.75, 3.05) is 0 Å². The summed E-state index contributed by atoms with van der Waals surface area (Å²) in [5.41, 5.74) is 10.2. The van der Waals surface area contributed by atoms with E-state index in [2.05, 4.69) is 23.6 Å². The number of hydrogen-bond acceptors (Lipinski definition) is 6. The number of carbonyl (C=O) groups is 1. The molecule has 1 aromatic heterocycles. The fraction of sp³-hybridized carbons (Fsp3) is 0.105. The van der Waals surface area contributed by atoms with Gasteiger partial charge in [0.15, 0.2) is 0 Å². The van der Waals surface area contributed by atoms with Gasteiger partial charge in [-0.3, -0.25) is 4.79 Å². The number of nitrogens with zero attached hydrogens (tertiary/aromatic N) is 2. The van der Waals surface area contributed by atoms with Gasteiger partial charge < -0.3 is 5.73 Å². The smallest absolute Gasteiger partial charge is 0.248 e. The first-order valence-corrected chi connectivity index (χ1v) is 10.8. The molecule has 1 amide bonds. The fourth-order valence-corrected chi connectivity index (χ4v) is 5.39. The van der Waals surface area contributed by atoms with Crippen molar-refractivity contribution in [3.8, 4) is 10.6 Å². The number of amides is 1. The molecule has 130 valence electrons. The van der Waals surface area contributed by atoms with E-state index in [0.29, 0.717) is 5.56 Å². The van der Waals surface area contributed by atoms with Crippen LogP contribution in [-0.2, 0) is 11.5 Å². The number of aliphatic imine (C=N–C) groups is 1. The summed E-state index contributed by atoms with van der Waals surface area (Å²) in [5, 5.41) is 3.02. The van der Waals surface area contributed by atoms with Crippen molar-refractivity contribution >= 4 is 50.8 Å². The average molecular weight is 398 g/mol. The molecule has 4 rings (SSSR count). The summed E-state index contributed by atoms with van der Waals surface area (Å²) in [7, 11) is 0. The number of hydrogen-bond donors (Lipinski definition) is 1. The molecule has 26 heavy (non-hydrogen) atoms. The van der Waals surface area contributed by atoms with Crippen LogP contribution in [0, 0.1) is 0 Å². The normalized spacial score (nSPS) is 13.2. The maximum Gasteiger partial charge on any atom is 0.248 e. The van der Waals surface area contributed by atoms with Gasteiger partial charge in [-0.25, -0.2) is 9.98 Å². The molecule has 2 heterocycles. The summed E-state index contributed by atoms with van der Waals surface area (Å²) >= 11 is 5.11. The molecule has 3 aromatic rings. The first-order chi connectivity index (χ1) is 12.7. The molecule has 1 aliphatic rings. The number of thioether (sulfide) groups is 2. The zero-order chi connectivity index (χ0) is 17.9. The number of primary amides is 1. The molecule has 1 aliphatic heterocycles. The number of para-hydroxylation sites is 1. The first kappa shape index (κ1) is 17.3. The summed E-state index contributed by atoms with van der Waals surface area (Å²) in [5.74, 6) is 1.35. The van der Waals surface area contributed by atoms with Gasteiger partial charge in [-0.2, -0.15) is 0 Å². The van der Waals surface area contributed by atoms with Crippen molar-refractivity contribution in [3.05, 3.63) is 70.7 Å². The third kappa shape index (κ3) is 3.85. The van der Waals surface area contributed by atoms with E-state index in [1.165, 1.54) is 5.56 Å². The molecular formula is C19H15N3OS3. The Labute approximate surface area is 164 Å². The van der Waals surface area contributed by atoms with Crippen LogP contribution in [0.5, 0.6) is 0 Å². The lowest BCUT2D eigenvalue weighted by Gasteiger charge is -2.13. The van der Waals surface area contributed by atoms with E-state index in [0.717, 1.165) is 37.8 Å². The van der Waals surface area contributed by atoms with Crippen LogP contribution < -0.4 is 5.73 Å². The molecule has 7 heteroatoms. The van der Waals surface area contributed by atoms with E-state index in [-0.39, 0.29) is 0 Å². The Kier molecular flexibility index (Phi) is 5.10. The predicted molar refractivity (Wildman–Crippen MR) is 112 cm³/mol. The van der Waals surface area contributed by atoms with Gasteiger partial charge in [0.1, 0.15) is 9.38 Å². The fourth-order valence-electron chi connectivity index (χ4n) is 2.50. The lowest BCUT2D eigenvalue weighted by molar-refractivity contribution is 0.100. The van der Waals surface area contributed by atoms with Gasteiger partial charge in [-0.05, 0) is 23.8 Å². The van der Waals surface area contributed by atoms with Crippen molar-refractivity contribution in [1.29, 1.82) is 0 Å². The van der Waals surface area contributed by atoms with Gasteiger partial charge in [0.05, 0.1) is 11.4 Å². The Morgan fingerprint density at radius 1 is 1.15 bits per heavy atom. The molecule has 0 aliphatic carbocycles. The van der Waals surface area contributed by atoms with Crippen molar-refractivity contribution in [3.63, 3.8) is 0 Å². The number of fused-ring (bicyclic) bond motifs is 1. The SMILES string of the molecule is NC(=O)c1ccc(-c2nc(CSC3=Nc4ccccc4CS3)cs2)cc1. The quantitative estimate of drug-likeness (QED) is 0.667. The van der Waals surface area contributed by atoms with Crippen molar-refractivity contribution in [2.45, 2.75) is 11.5 Å². The average Bonchev–Trinajstić information content (AvgIpc) is 3.15. The Morgan fingerprint density at radius 2 is 1.96 bits per heavy atom. The van der Waals surface area contributed by atoms with Crippen molar-refractivity contribution < 1.29 is 4.79 Å². The number of aromatic nitrogens is 1. The number of benzene rings is 2. The van der Waals surface area contributed by atoms with E-state index < -0.39 is 5.91 Å². The molecule has 2 aromatic carbocycles. The molecular weight excluding hydrogens is 382 g/mol. The molecule has 0 spiro atoms. The van der Waals surface area contributed by atoms with Gasteiger partial charge >= 0.3 is 0 Å². The summed E-state index contributed by atoms with van der Waals surface area (Å²) in [6.07, 6.45) is 0. The highest BCUT2D eigenvalue weighted by Crippen LogP contribution is 2.36. The highest BCUT2D eigenvalue weighted by atomic mass is 32.2. The lowest BCUT2D eigenvalue weighted by Crippen LogP contribution is -2.10. The van der Waals surface area contributed by atoms with Crippen LogP contribution in [0.3, 0.4) is 0 Å². The second kappa shape index (κ2) is 7.65. The maximum absolute atomic E-state index is 11.2. The summed E-state index contributed by atoms with van der Waals surface area (Å²) in [6, 6.07) is 15.5. The molecule has 2 N–H and O–H groups in total. The standard InChI is InChI=1S/C19H15N3OS3/c20-17(23)12-5-7-13(8-6-12)18-21-15(10-24-18)11-26-19-22-16-4-2-1-3-14(16)9-25-19/h1-8,10H,9,11H2,(H2,20,23). The largest absolute Gasteiger partial charge is 0.366 e. The summed E-state index contributed by atoms with van der Waals surface area (Å²) in [6.45, 7) is 0. The first-order valence-electron chi connectivity index (χ1n) is 7.96. The van der Waals surface area contributed by atoms with Gasteiger partial charge in [0, 0.05) is 28.0 Å². The Hall–Kier alpha value is -2.09. The molecule has 0 fully saturated rings. The third-order valence-electron chi connectivity index (χ3n) is 3.87. The van der Waals surface area contributed by atoms with Gasteiger partial charge in [0.2, 0.25) is 5.91 Å². The number of nitrogens with two attached hydrogens (primary N) is 1. The third-order valence-corrected chi connectivity index (χ3v) is 7.09. The van der Waals surface area contributed by atoms with Crippen LogP contribution in [0.2, 0.25) is 0 Å². The molecule has 0 bridgehead atoms. The van der Waals surface area contributed by atoms with Crippen LogP contribution in [-0.4, -0.2) is 15.3 Å². The Balaban J connectivity index is 1.43. The van der Waals surface area contributed by atoms with Gasteiger partial charge in [0.25, 0.3) is 0 Å². The zero-order valence-corrected chi connectivity index (χ0v) is 16.2. The Bertz CT molecular complexity index is 980. The highest BCUT2D eigenvalue weighted by molar-refractivity contribution is 8.38. The minimum Gasteiger partial charge on any atom is -0.366 e. The van der Waals surface area contributed by atoms with Gasteiger partial charge in [-0.15, -0.1) is 11.3 Å². The van der Waals surface area contributed by atoms with E-state index in [9.17, 15) is 4.79 Å². The van der Waals surface area contributed by atoms with Gasteiger partial charge in [-0.1, -0.05) is 53.9 Å². The topological polar surface area (TPSA) is 68.3 Å². The molecule has 0 atom stereocenters.